The number of carbonyl (C=O) groups excluding carboxylic acids is 1. The van der Waals surface area contributed by atoms with Crippen molar-refractivity contribution in [2.75, 3.05) is 19.8 Å². The van der Waals surface area contributed by atoms with Gasteiger partial charge in [0.2, 0.25) is 0 Å². The first-order chi connectivity index (χ1) is 20.8. The van der Waals surface area contributed by atoms with E-state index in [4.69, 9.17) is 42.8 Å². The Balaban J connectivity index is 0.000000676. The van der Waals surface area contributed by atoms with Gasteiger partial charge < -0.3 is 31.7 Å². The van der Waals surface area contributed by atoms with Crippen LogP contribution in [0.25, 0.3) is 11.1 Å². The molecule has 1 amide bonds. The summed E-state index contributed by atoms with van der Waals surface area (Å²) in [6, 6.07) is 16.1. The number of aromatic nitrogens is 1. The number of carboxylic acids is 1. The topological polar surface area (TPSA) is 161 Å². The molecule has 0 spiro atoms. The number of nitrogens with zero attached hydrogens (tertiary/aromatic N) is 1. The summed E-state index contributed by atoms with van der Waals surface area (Å²) in [7, 11) is 0. The molecule has 9 nitrogen and oxygen atoms in total. The van der Waals surface area contributed by atoms with Crippen molar-refractivity contribution in [2.24, 2.45) is 11.5 Å². The molecule has 1 aliphatic rings. The minimum absolute atomic E-state index is 0.0557. The Morgan fingerprint density at radius 2 is 1.73 bits per heavy atom. The number of aliphatic hydroxyl groups excluding tert-OH is 1. The lowest BCUT2D eigenvalue weighted by molar-refractivity contribution is -0.192. The van der Waals surface area contributed by atoms with Gasteiger partial charge in [-0.25, -0.2) is 14.2 Å². The largest absolute Gasteiger partial charge is 0.490 e. The van der Waals surface area contributed by atoms with Gasteiger partial charge in [-0.15, -0.1) is 0 Å². The first-order valence-electron chi connectivity index (χ1n) is 13.7. The molecular formula is C30H33ClF4N4O5. The summed E-state index contributed by atoms with van der Waals surface area (Å²) in [6.07, 6.45) is 0.124. The number of hydrogen-bond donors (Lipinski definition) is 5. The van der Waals surface area contributed by atoms with Gasteiger partial charge in [-0.2, -0.15) is 13.2 Å². The Bertz CT molecular complexity index is 1420. The van der Waals surface area contributed by atoms with E-state index >= 15 is 4.39 Å². The fourth-order valence-electron chi connectivity index (χ4n) is 4.84. The molecule has 0 aliphatic heterocycles. The molecular weight excluding hydrogens is 608 g/mol. The second kappa shape index (κ2) is 15.8. The quantitative estimate of drug-likeness (QED) is 0.200. The number of aliphatic carboxylic acids is 1. The number of carbonyl (C=O) groups is 2. The summed E-state index contributed by atoms with van der Waals surface area (Å²) in [5.74, 6) is -4.86. The van der Waals surface area contributed by atoms with Gasteiger partial charge in [-0.1, -0.05) is 48.0 Å². The molecule has 0 radical (unpaired) electrons. The molecule has 1 fully saturated rings. The Morgan fingerprint density at radius 3 is 2.30 bits per heavy atom. The van der Waals surface area contributed by atoms with Gasteiger partial charge in [0.25, 0.3) is 11.8 Å². The van der Waals surface area contributed by atoms with Gasteiger partial charge in [-0.3, -0.25) is 4.79 Å². The number of hydrogen-bond acceptors (Lipinski definition) is 7. The van der Waals surface area contributed by atoms with Gasteiger partial charge in [-0.05, 0) is 48.9 Å². The SMILES string of the molecule is NC(=O)c1cnc(OCCO)c(F)c1-c1cc(C(CNC2CCC(N)CC2)c2ccccc2)ccc1Cl.O=C(O)C(F)(F)F. The molecule has 7 N–H and O–H groups in total. The van der Waals surface area contributed by atoms with Gasteiger partial charge >= 0.3 is 12.1 Å². The van der Waals surface area contributed by atoms with Gasteiger partial charge in [0, 0.05) is 46.9 Å². The number of amides is 1. The lowest BCUT2D eigenvalue weighted by atomic mass is 9.87. The van der Waals surface area contributed by atoms with Crippen molar-refractivity contribution >= 4 is 23.5 Å². The number of nitrogens with one attached hydrogen (secondary N) is 1. The molecule has 238 valence electrons. The van der Waals surface area contributed by atoms with E-state index in [9.17, 15) is 18.0 Å². The van der Waals surface area contributed by atoms with Crippen LogP contribution in [0, 0.1) is 5.82 Å². The summed E-state index contributed by atoms with van der Waals surface area (Å²) >= 11 is 6.55. The number of carboxylic acid groups (broad SMARTS) is 1. The van der Waals surface area contributed by atoms with Crippen molar-refractivity contribution in [1.82, 2.24) is 10.3 Å². The van der Waals surface area contributed by atoms with Gasteiger partial charge in [0.1, 0.15) is 6.61 Å². The predicted octanol–water partition coefficient (Wildman–Crippen LogP) is 4.64. The number of nitrogens with two attached hydrogens (primary N) is 2. The standard InChI is InChI=1S/C28H32ClFN4O3.C2HF3O2/c29-24-11-6-18(14-21(24)25-23(27(32)36)16-34-28(26(25)30)37-13-12-35)22(17-4-2-1-3-5-17)15-33-20-9-7-19(31)8-10-20;3-2(4,5)1(6)7/h1-6,11,14,16,19-20,22,33,35H,7-10,12-13,15,31H2,(H2,32,36);(H,6,7). The first kappa shape index (κ1) is 34.7. The van der Waals surface area contributed by atoms with Crippen LogP contribution in [-0.4, -0.2) is 65.1 Å². The first-order valence-corrected chi connectivity index (χ1v) is 14.1. The maximum atomic E-state index is 15.6. The normalized spacial score (nSPS) is 17.2. The van der Waals surface area contributed by atoms with Crippen molar-refractivity contribution in [2.45, 2.75) is 49.9 Å². The Hall–Kier alpha value is -3.78. The fraction of sp³-hybridized carbons (Fsp3) is 0.367. The van der Waals surface area contributed by atoms with Crippen LogP contribution in [-0.2, 0) is 4.79 Å². The van der Waals surface area contributed by atoms with E-state index in [1.807, 2.05) is 24.3 Å². The van der Waals surface area contributed by atoms with E-state index in [1.54, 1.807) is 12.1 Å². The second-order valence-corrected chi connectivity index (χ2v) is 10.5. The van der Waals surface area contributed by atoms with Crippen LogP contribution in [0.5, 0.6) is 5.88 Å². The molecule has 1 aliphatic carbocycles. The zero-order chi connectivity index (χ0) is 32.4. The van der Waals surface area contributed by atoms with Crippen molar-refractivity contribution in [3.63, 3.8) is 0 Å². The van der Waals surface area contributed by atoms with Crippen LogP contribution < -0.4 is 21.5 Å². The predicted molar refractivity (Wildman–Crippen MR) is 156 cm³/mol. The average molecular weight is 641 g/mol. The molecule has 1 unspecified atom stereocenters. The van der Waals surface area contributed by atoms with E-state index < -0.39 is 23.9 Å². The highest BCUT2D eigenvalue weighted by molar-refractivity contribution is 6.33. The van der Waals surface area contributed by atoms with Gasteiger partial charge in [0.05, 0.1) is 12.2 Å². The van der Waals surface area contributed by atoms with Crippen molar-refractivity contribution in [1.29, 1.82) is 0 Å². The number of alkyl halides is 3. The summed E-state index contributed by atoms with van der Waals surface area (Å²) in [5, 5.41) is 20.1. The Kier molecular flexibility index (Phi) is 12.5. The van der Waals surface area contributed by atoms with E-state index in [2.05, 4.69) is 22.4 Å². The summed E-state index contributed by atoms with van der Waals surface area (Å²) < 4.78 is 52.6. The lowest BCUT2D eigenvalue weighted by Crippen LogP contribution is -2.39. The van der Waals surface area contributed by atoms with Crippen molar-refractivity contribution in [3.8, 4) is 17.0 Å². The minimum Gasteiger partial charge on any atom is -0.475 e. The lowest BCUT2D eigenvalue weighted by Gasteiger charge is -2.29. The third kappa shape index (κ3) is 9.36. The zero-order valence-corrected chi connectivity index (χ0v) is 24.2. The molecule has 4 rings (SSSR count). The third-order valence-corrected chi connectivity index (χ3v) is 7.40. The van der Waals surface area contributed by atoms with E-state index in [-0.39, 0.29) is 47.2 Å². The maximum Gasteiger partial charge on any atom is 0.490 e. The van der Waals surface area contributed by atoms with Crippen LogP contribution in [0.15, 0.2) is 54.7 Å². The summed E-state index contributed by atoms with van der Waals surface area (Å²) in [6.45, 7) is 0.196. The monoisotopic (exact) mass is 640 g/mol. The number of aliphatic hydroxyl groups is 1. The molecule has 2 aromatic carbocycles. The van der Waals surface area contributed by atoms with Crippen LogP contribution in [0.4, 0.5) is 17.6 Å². The summed E-state index contributed by atoms with van der Waals surface area (Å²) in [5.41, 5.74) is 13.7. The maximum absolute atomic E-state index is 15.6. The number of ether oxygens (including phenoxy) is 1. The van der Waals surface area contributed by atoms with E-state index in [0.29, 0.717) is 18.2 Å². The molecule has 1 atom stereocenters. The number of pyridine rings is 1. The summed E-state index contributed by atoms with van der Waals surface area (Å²) in [4.78, 5) is 25.0. The van der Waals surface area contributed by atoms with E-state index in [1.165, 1.54) is 6.20 Å². The molecule has 0 bridgehead atoms. The number of benzene rings is 2. The number of rotatable bonds is 10. The molecule has 1 saturated carbocycles. The minimum atomic E-state index is -5.08. The molecule has 0 saturated heterocycles. The third-order valence-electron chi connectivity index (χ3n) is 7.07. The smallest absolute Gasteiger partial charge is 0.475 e. The van der Waals surface area contributed by atoms with Crippen LogP contribution in [0.1, 0.15) is 53.1 Å². The average Bonchev–Trinajstić information content (AvgIpc) is 2.98. The number of halogens is 5. The van der Waals surface area contributed by atoms with Crippen molar-refractivity contribution in [3.05, 3.63) is 82.3 Å². The Labute approximate surface area is 256 Å². The highest BCUT2D eigenvalue weighted by Crippen LogP contribution is 2.38. The van der Waals surface area contributed by atoms with Crippen LogP contribution in [0.3, 0.4) is 0 Å². The highest BCUT2D eigenvalue weighted by Gasteiger charge is 2.38. The number of primary amides is 1. The van der Waals surface area contributed by atoms with Crippen LogP contribution >= 0.6 is 11.6 Å². The molecule has 14 heteroatoms. The zero-order valence-electron chi connectivity index (χ0n) is 23.5. The molecule has 1 aromatic heterocycles. The molecule has 1 heterocycles. The Morgan fingerprint density at radius 1 is 1.09 bits per heavy atom. The second-order valence-electron chi connectivity index (χ2n) is 10.1. The van der Waals surface area contributed by atoms with Crippen molar-refractivity contribution < 1.29 is 42.1 Å². The highest BCUT2D eigenvalue weighted by atomic mass is 35.5. The van der Waals surface area contributed by atoms with Crippen LogP contribution in [0.2, 0.25) is 5.02 Å². The van der Waals surface area contributed by atoms with E-state index in [0.717, 1.165) is 36.8 Å². The molecule has 44 heavy (non-hydrogen) atoms. The fourth-order valence-corrected chi connectivity index (χ4v) is 5.05. The molecule has 3 aromatic rings. The van der Waals surface area contributed by atoms with Gasteiger partial charge in [0.15, 0.2) is 5.82 Å².